The van der Waals surface area contributed by atoms with E-state index in [4.69, 9.17) is 0 Å². The first-order valence-corrected chi connectivity index (χ1v) is 9.10. The van der Waals surface area contributed by atoms with Gasteiger partial charge in [0, 0.05) is 24.2 Å². The average Bonchev–Trinajstić information content (AvgIpc) is 2.99. The Balaban J connectivity index is 1.85. The number of hydrogen-bond acceptors (Lipinski definition) is 4. The van der Waals surface area contributed by atoms with Crippen LogP contribution in [-0.4, -0.2) is 34.3 Å². The Morgan fingerprint density at radius 2 is 1.76 bits per heavy atom. The third-order valence-electron chi connectivity index (χ3n) is 5.00. The number of carbonyl (C=O) groups is 2. The predicted molar refractivity (Wildman–Crippen MR) is 98.0 cm³/mol. The van der Waals surface area contributed by atoms with Crippen LogP contribution < -0.4 is 4.57 Å². The number of benzene rings is 1. The highest BCUT2D eigenvalue weighted by molar-refractivity contribution is 6.26. The summed E-state index contributed by atoms with van der Waals surface area (Å²) in [6.45, 7) is -1.14. The predicted octanol–water partition coefficient (Wildman–Crippen LogP) is 2.54. The topological polar surface area (TPSA) is 65.1 Å². The molecule has 2 heterocycles. The fourth-order valence-electron chi connectivity index (χ4n) is 3.67. The maximum Gasteiger partial charge on any atom is 0.345 e. The summed E-state index contributed by atoms with van der Waals surface area (Å²) in [5.74, 6) is 0.00547. The first-order chi connectivity index (χ1) is 14.0. The van der Waals surface area contributed by atoms with Gasteiger partial charge in [-0.2, -0.15) is 8.78 Å². The van der Waals surface area contributed by atoms with Crippen LogP contribution in [0, 0.1) is 6.92 Å². The highest BCUT2D eigenvalue weighted by atomic mass is 19.3. The Labute approximate surface area is 165 Å². The van der Waals surface area contributed by atoms with E-state index in [0.29, 0.717) is 22.6 Å². The van der Waals surface area contributed by atoms with Crippen molar-refractivity contribution >= 4 is 11.6 Å². The molecule has 0 radical (unpaired) electrons. The number of carbonyl (C=O) groups excluding carboxylic acids is 2. The van der Waals surface area contributed by atoms with Gasteiger partial charge >= 0.3 is 6.61 Å². The van der Waals surface area contributed by atoms with Gasteiger partial charge < -0.3 is 4.74 Å². The second kappa shape index (κ2) is 7.63. The lowest BCUT2D eigenvalue weighted by Gasteiger charge is -2.13. The van der Waals surface area contributed by atoms with Gasteiger partial charge in [-0.15, -0.1) is 0 Å². The van der Waals surface area contributed by atoms with Crippen molar-refractivity contribution in [1.29, 1.82) is 0 Å². The molecule has 0 atom stereocenters. The maximum atomic E-state index is 13.3. The van der Waals surface area contributed by atoms with Crippen LogP contribution in [-0.2, 0) is 17.8 Å². The molecule has 6 nitrogen and oxygen atoms in total. The molecule has 29 heavy (non-hydrogen) atoms. The number of pyridine rings is 1. The van der Waals surface area contributed by atoms with Gasteiger partial charge in [-0.05, 0) is 12.1 Å². The van der Waals surface area contributed by atoms with Crippen molar-refractivity contribution in [1.82, 2.24) is 9.55 Å². The zero-order valence-electron chi connectivity index (χ0n) is 15.6. The van der Waals surface area contributed by atoms with E-state index in [2.05, 4.69) is 9.72 Å². The first kappa shape index (κ1) is 19.1. The molecule has 1 aliphatic rings. The number of ketones is 2. The molecule has 0 saturated heterocycles. The van der Waals surface area contributed by atoms with Crippen molar-refractivity contribution in [2.45, 2.75) is 26.6 Å². The monoisotopic (exact) mass is 398 g/mol. The molecule has 2 aromatic heterocycles. The largest absolute Gasteiger partial charge is 0.345 e. The number of halogens is 2. The lowest BCUT2D eigenvalue weighted by Crippen LogP contribution is -2.43. The molecule has 4 rings (SSSR count). The molecule has 0 fully saturated rings. The standard InChI is InChI=1S/C21H18F2N3O3/c1-13-25(10-11-29-21(22)23)17-18(26(13)12-14-6-4-5-9-24-14)20(28)16-8-3-2-7-15(16)19(17)27/h2-9,21H,10-12H2,1H3/q+1. The summed E-state index contributed by atoms with van der Waals surface area (Å²) >= 11 is 0. The van der Waals surface area contributed by atoms with Gasteiger partial charge in [-0.3, -0.25) is 14.6 Å². The summed E-state index contributed by atoms with van der Waals surface area (Å²) in [5, 5.41) is 0. The van der Waals surface area contributed by atoms with Crippen LogP contribution in [0.25, 0.3) is 0 Å². The van der Waals surface area contributed by atoms with Crippen molar-refractivity contribution in [2.75, 3.05) is 6.61 Å². The van der Waals surface area contributed by atoms with Gasteiger partial charge in [0.05, 0.1) is 12.3 Å². The van der Waals surface area contributed by atoms with E-state index in [9.17, 15) is 18.4 Å². The Kier molecular flexibility index (Phi) is 5.02. The molecule has 0 amide bonds. The molecule has 0 saturated carbocycles. The van der Waals surface area contributed by atoms with Gasteiger partial charge in [0.1, 0.15) is 13.1 Å². The highest BCUT2D eigenvalue weighted by Gasteiger charge is 2.42. The van der Waals surface area contributed by atoms with Crippen molar-refractivity contribution in [3.63, 3.8) is 0 Å². The summed E-state index contributed by atoms with van der Waals surface area (Å²) in [4.78, 5) is 30.7. The third-order valence-corrected chi connectivity index (χ3v) is 5.00. The average molecular weight is 398 g/mol. The molecule has 8 heteroatoms. The molecular weight excluding hydrogens is 380 g/mol. The van der Waals surface area contributed by atoms with Gasteiger partial charge in [0.25, 0.3) is 5.82 Å². The van der Waals surface area contributed by atoms with E-state index in [1.165, 1.54) is 0 Å². The number of nitrogens with zero attached hydrogens (tertiary/aromatic N) is 3. The van der Waals surface area contributed by atoms with Crippen LogP contribution in [0.15, 0.2) is 48.7 Å². The number of fused-ring (bicyclic) bond motifs is 2. The van der Waals surface area contributed by atoms with E-state index in [-0.39, 0.29) is 42.7 Å². The molecule has 148 valence electrons. The second-order valence-corrected chi connectivity index (χ2v) is 6.64. The maximum absolute atomic E-state index is 13.3. The zero-order valence-corrected chi connectivity index (χ0v) is 15.6. The van der Waals surface area contributed by atoms with Crippen LogP contribution in [0.4, 0.5) is 8.78 Å². The summed E-state index contributed by atoms with van der Waals surface area (Å²) in [6, 6.07) is 12.1. The van der Waals surface area contributed by atoms with E-state index in [1.54, 1.807) is 52.6 Å². The van der Waals surface area contributed by atoms with Crippen molar-refractivity contribution < 1.29 is 27.7 Å². The summed E-state index contributed by atoms with van der Waals surface area (Å²) < 4.78 is 32.6. The minimum atomic E-state index is -2.90. The van der Waals surface area contributed by atoms with E-state index < -0.39 is 6.61 Å². The number of alkyl halides is 2. The van der Waals surface area contributed by atoms with Crippen LogP contribution in [0.1, 0.15) is 43.6 Å². The van der Waals surface area contributed by atoms with E-state index in [1.807, 2.05) is 12.1 Å². The van der Waals surface area contributed by atoms with Crippen LogP contribution in [0.5, 0.6) is 0 Å². The van der Waals surface area contributed by atoms with E-state index >= 15 is 0 Å². The quantitative estimate of drug-likeness (QED) is 0.468. The van der Waals surface area contributed by atoms with Crippen LogP contribution >= 0.6 is 0 Å². The fraction of sp³-hybridized carbons (Fsp3) is 0.238. The van der Waals surface area contributed by atoms with Gasteiger partial charge in [-0.25, -0.2) is 9.13 Å². The minimum absolute atomic E-state index is 0.0227. The van der Waals surface area contributed by atoms with Gasteiger partial charge in [0.2, 0.25) is 23.0 Å². The molecule has 0 N–H and O–H groups in total. The molecule has 0 bridgehead atoms. The third kappa shape index (κ3) is 3.36. The van der Waals surface area contributed by atoms with Crippen molar-refractivity contribution in [3.8, 4) is 0 Å². The number of hydrogen-bond donors (Lipinski definition) is 0. The molecule has 1 aromatic carbocycles. The number of imidazole rings is 1. The molecular formula is C21H18F2N3O3+. The Hall–Kier alpha value is -3.26. The lowest BCUT2D eigenvalue weighted by molar-refractivity contribution is -0.696. The summed E-state index contributed by atoms with van der Waals surface area (Å²) in [5.41, 5.74) is 1.79. The van der Waals surface area contributed by atoms with Gasteiger partial charge in [-0.1, -0.05) is 30.3 Å². The SMILES string of the molecule is Cc1n(CCOC(F)F)c2c([n+]1Cc1ccccn1)C(=O)c1ccccc1C2=O. The van der Waals surface area contributed by atoms with E-state index in [0.717, 1.165) is 0 Å². The minimum Gasteiger partial charge on any atom is -0.319 e. The number of rotatable bonds is 6. The number of ether oxygens (including phenoxy) is 1. The first-order valence-electron chi connectivity index (χ1n) is 9.10. The Morgan fingerprint density at radius 1 is 1.07 bits per heavy atom. The second-order valence-electron chi connectivity index (χ2n) is 6.64. The van der Waals surface area contributed by atoms with Crippen molar-refractivity contribution in [3.05, 3.63) is 82.7 Å². The van der Waals surface area contributed by atoms with Crippen LogP contribution in [0.3, 0.4) is 0 Å². The molecule has 1 aliphatic carbocycles. The normalized spacial score (nSPS) is 13.0. The molecule has 0 unspecified atom stereocenters. The van der Waals surface area contributed by atoms with Gasteiger partial charge in [0.15, 0.2) is 0 Å². The molecule has 3 aromatic rings. The zero-order chi connectivity index (χ0) is 20.5. The Morgan fingerprint density at radius 3 is 2.41 bits per heavy atom. The summed E-state index contributed by atoms with van der Waals surface area (Å²) in [6.07, 6.45) is 1.65. The van der Waals surface area contributed by atoms with Crippen LogP contribution in [0.2, 0.25) is 0 Å². The molecule has 0 aliphatic heterocycles. The van der Waals surface area contributed by atoms with Crippen molar-refractivity contribution in [2.24, 2.45) is 0 Å². The smallest absolute Gasteiger partial charge is 0.319 e. The fourth-order valence-corrected chi connectivity index (χ4v) is 3.67. The molecule has 0 spiro atoms. The summed E-state index contributed by atoms with van der Waals surface area (Å²) in [7, 11) is 0. The Bertz CT molecular complexity index is 1090. The number of aromatic nitrogens is 3. The lowest BCUT2D eigenvalue weighted by atomic mass is 9.90. The highest BCUT2D eigenvalue weighted by Crippen LogP contribution is 2.27.